The molecular weight excluding hydrogens is 367 g/mol. The summed E-state index contributed by atoms with van der Waals surface area (Å²) < 4.78 is 36.8. The molecule has 0 heterocycles. The molecule has 9 heteroatoms. The molecule has 0 aromatic heterocycles. The minimum absolute atomic E-state index is 0.362. The molecule has 0 fully saturated rings. The van der Waals surface area contributed by atoms with E-state index in [4.69, 9.17) is 0 Å². The van der Waals surface area contributed by atoms with E-state index >= 15 is 0 Å². The number of hydrogen-bond donors (Lipinski definition) is 2. The number of likely N-dealkylation sites (N-methyl/N-ethyl adjacent to an activating group) is 1. The van der Waals surface area contributed by atoms with Crippen LogP contribution in [0.5, 0.6) is 0 Å². The van der Waals surface area contributed by atoms with Crippen molar-refractivity contribution in [3.8, 4) is 0 Å². The molecule has 0 unspecified atom stereocenters. The number of carbonyl (C=O) groups excluding carboxylic acids is 2. The number of rotatable bonds is 4. The smallest absolute Gasteiger partial charge is 0.329 e. The van der Waals surface area contributed by atoms with Crippen LogP contribution in [-0.4, -0.2) is 43.2 Å². The number of urea groups is 1. The maximum Gasteiger partial charge on any atom is 0.405 e. The number of alkyl halides is 3. The lowest BCUT2D eigenvalue weighted by atomic mass is 10.2. The Bertz CT molecular complexity index is 564. The van der Waals surface area contributed by atoms with Gasteiger partial charge in [0.25, 0.3) is 0 Å². The largest absolute Gasteiger partial charge is 0.405 e. The van der Waals surface area contributed by atoms with Crippen molar-refractivity contribution in [2.75, 3.05) is 25.5 Å². The van der Waals surface area contributed by atoms with Crippen molar-refractivity contribution in [1.29, 1.82) is 0 Å². The van der Waals surface area contributed by atoms with E-state index in [1.165, 1.54) is 7.05 Å². The number of hydrogen-bond acceptors (Lipinski definition) is 2. The summed E-state index contributed by atoms with van der Waals surface area (Å²) in [5, 5.41) is 4.28. The molecule has 0 radical (unpaired) electrons. The fraction of sp³-hybridized carbons (Fsp3) is 0.385. The van der Waals surface area contributed by atoms with E-state index in [2.05, 4.69) is 21.2 Å². The van der Waals surface area contributed by atoms with Crippen LogP contribution in [-0.2, 0) is 4.79 Å². The van der Waals surface area contributed by atoms with Gasteiger partial charge in [-0.05, 0) is 30.7 Å². The first kappa shape index (κ1) is 18.3. The molecular formula is C13H15BrF3N3O2. The molecule has 1 aromatic rings. The van der Waals surface area contributed by atoms with Crippen LogP contribution in [0.1, 0.15) is 5.56 Å². The first-order valence-corrected chi connectivity index (χ1v) is 6.99. The molecule has 122 valence electrons. The van der Waals surface area contributed by atoms with Crippen LogP contribution in [0.25, 0.3) is 0 Å². The normalized spacial score (nSPS) is 11.0. The molecule has 3 amide bonds. The SMILES string of the molecule is Cc1cc(Br)ccc1NC(=O)CN(C)C(=O)NCC(F)(F)F. The second-order valence-corrected chi connectivity index (χ2v) is 5.55. The summed E-state index contributed by atoms with van der Waals surface area (Å²) in [6.07, 6.45) is -4.49. The van der Waals surface area contributed by atoms with Crippen molar-refractivity contribution < 1.29 is 22.8 Å². The first-order chi connectivity index (χ1) is 10.1. The van der Waals surface area contributed by atoms with Crippen LogP contribution in [0.15, 0.2) is 22.7 Å². The van der Waals surface area contributed by atoms with Gasteiger partial charge in [-0.15, -0.1) is 0 Å². The lowest BCUT2D eigenvalue weighted by molar-refractivity contribution is -0.123. The van der Waals surface area contributed by atoms with Gasteiger partial charge in [0.05, 0.1) is 0 Å². The van der Waals surface area contributed by atoms with E-state index in [1.807, 2.05) is 0 Å². The molecule has 1 rings (SSSR count). The number of halogens is 4. The van der Waals surface area contributed by atoms with Gasteiger partial charge in [-0.1, -0.05) is 15.9 Å². The second-order valence-electron chi connectivity index (χ2n) is 4.64. The Kier molecular flexibility index (Phi) is 6.21. The highest BCUT2D eigenvalue weighted by atomic mass is 79.9. The summed E-state index contributed by atoms with van der Waals surface area (Å²) in [5.74, 6) is -0.505. The molecule has 5 nitrogen and oxygen atoms in total. The zero-order valence-corrected chi connectivity index (χ0v) is 13.5. The van der Waals surface area contributed by atoms with E-state index in [0.29, 0.717) is 5.69 Å². The van der Waals surface area contributed by atoms with Gasteiger partial charge in [0.1, 0.15) is 13.1 Å². The Morgan fingerprint density at radius 1 is 1.32 bits per heavy atom. The maximum atomic E-state index is 12.0. The standard InChI is InChI=1S/C13H15BrF3N3O2/c1-8-5-9(14)3-4-10(8)19-11(21)6-20(2)12(22)18-7-13(15,16)17/h3-5H,6-7H2,1-2H3,(H,18,22)(H,19,21). The highest BCUT2D eigenvalue weighted by Gasteiger charge is 2.28. The number of nitrogens with one attached hydrogen (secondary N) is 2. The predicted octanol–water partition coefficient (Wildman–Crippen LogP) is 2.90. The highest BCUT2D eigenvalue weighted by molar-refractivity contribution is 9.10. The molecule has 2 N–H and O–H groups in total. The molecule has 0 saturated heterocycles. The van der Waals surface area contributed by atoms with Crippen LogP contribution in [0.3, 0.4) is 0 Å². The third-order valence-electron chi connectivity index (χ3n) is 2.63. The molecule has 1 aromatic carbocycles. The molecule has 0 atom stereocenters. The Hall–Kier alpha value is -1.77. The van der Waals surface area contributed by atoms with Crippen molar-refractivity contribution in [3.63, 3.8) is 0 Å². The van der Waals surface area contributed by atoms with Gasteiger partial charge in [0.2, 0.25) is 5.91 Å². The Balaban J connectivity index is 2.52. The monoisotopic (exact) mass is 381 g/mol. The molecule has 0 spiro atoms. The topological polar surface area (TPSA) is 61.4 Å². The van der Waals surface area contributed by atoms with E-state index in [-0.39, 0.29) is 6.54 Å². The average Bonchev–Trinajstić information content (AvgIpc) is 2.38. The van der Waals surface area contributed by atoms with Gasteiger partial charge in [-0.2, -0.15) is 13.2 Å². The van der Waals surface area contributed by atoms with Crippen molar-refractivity contribution >= 4 is 33.6 Å². The van der Waals surface area contributed by atoms with Gasteiger partial charge in [0.15, 0.2) is 0 Å². The minimum Gasteiger partial charge on any atom is -0.329 e. The summed E-state index contributed by atoms with van der Waals surface area (Å²) in [6.45, 7) is -0.0110. The number of anilines is 1. The lowest BCUT2D eigenvalue weighted by Gasteiger charge is -2.18. The van der Waals surface area contributed by atoms with Gasteiger partial charge in [0, 0.05) is 17.2 Å². The summed E-state index contributed by atoms with van der Waals surface area (Å²) in [4.78, 5) is 24.1. The lowest BCUT2D eigenvalue weighted by Crippen LogP contribution is -2.44. The van der Waals surface area contributed by atoms with Crippen LogP contribution in [0.2, 0.25) is 0 Å². The van der Waals surface area contributed by atoms with E-state index in [0.717, 1.165) is 14.9 Å². The number of aryl methyl sites for hydroxylation is 1. The van der Waals surface area contributed by atoms with Crippen molar-refractivity contribution in [2.45, 2.75) is 13.1 Å². The molecule has 0 aliphatic heterocycles. The number of amides is 3. The van der Waals surface area contributed by atoms with E-state index < -0.39 is 24.7 Å². The highest BCUT2D eigenvalue weighted by Crippen LogP contribution is 2.19. The maximum absolute atomic E-state index is 12.0. The minimum atomic E-state index is -4.49. The molecule has 0 saturated carbocycles. The predicted molar refractivity (Wildman–Crippen MR) is 79.6 cm³/mol. The summed E-state index contributed by atoms with van der Waals surface area (Å²) in [7, 11) is 1.24. The number of nitrogens with zero attached hydrogens (tertiary/aromatic N) is 1. The fourth-order valence-corrected chi connectivity index (χ4v) is 2.03. The molecule has 0 aliphatic carbocycles. The van der Waals surface area contributed by atoms with Crippen molar-refractivity contribution in [2.24, 2.45) is 0 Å². The van der Waals surface area contributed by atoms with Gasteiger partial charge < -0.3 is 15.5 Å². The van der Waals surface area contributed by atoms with E-state index in [9.17, 15) is 22.8 Å². The zero-order valence-electron chi connectivity index (χ0n) is 11.9. The van der Waals surface area contributed by atoms with Crippen molar-refractivity contribution in [3.05, 3.63) is 28.2 Å². The molecule has 0 aliphatic rings. The molecule has 22 heavy (non-hydrogen) atoms. The molecule has 0 bridgehead atoms. The summed E-state index contributed by atoms with van der Waals surface area (Å²) in [6, 6.07) is 4.25. The van der Waals surface area contributed by atoms with Crippen LogP contribution in [0.4, 0.5) is 23.7 Å². The third kappa shape index (κ3) is 6.33. The first-order valence-electron chi connectivity index (χ1n) is 6.20. The second kappa shape index (κ2) is 7.48. The Morgan fingerprint density at radius 3 is 2.50 bits per heavy atom. The Labute approximate surface area is 134 Å². The van der Waals surface area contributed by atoms with Crippen LogP contribution in [0, 0.1) is 6.92 Å². The average molecular weight is 382 g/mol. The quantitative estimate of drug-likeness (QED) is 0.842. The summed E-state index contributed by atoms with van der Waals surface area (Å²) in [5.41, 5.74) is 1.38. The number of benzene rings is 1. The van der Waals surface area contributed by atoms with E-state index in [1.54, 1.807) is 30.4 Å². The Morgan fingerprint density at radius 2 is 1.95 bits per heavy atom. The fourth-order valence-electron chi connectivity index (χ4n) is 1.56. The van der Waals surface area contributed by atoms with Crippen LogP contribution >= 0.6 is 15.9 Å². The van der Waals surface area contributed by atoms with Crippen LogP contribution < -0.4 is 10.6 Å². The van der Waals surface area contributed by atoms with Gasteiger partial charge in [-0.25, -0.2) is 4.79 Å². The zero-order chi connectivity index (χ0) is 16.9. The third-order valence-corrected chi connectivity index (χ3v) is 3.12. The van der Waals surface area contributed by atoms with Gasteiger partial charge >= 0.3 is 12.2 Å². The summed E-state index contributed by atoms with van der Waals surface area (Å²) >= 11 is 3.29. The van der Waals surface area contributed by atoms with Crippen molar-refractivity contribution in [1.82, 2.24) is 10.2 Å². The number of carbonyl (C=O) groups is 2. The van der Waals surface area contributed by atoms with Gasteiger partial charge in [-0.3, -0.25) is 4.79 Å².